The molecular formula is C21H24IN3O3. The molecule has 0 aromatic heterocycles. The Kier molecular flexibility index (Phi) is 8.43. The van der Waals surface area contributed by atoms with Crippen LogP contribution in [0.3, 0.4) is 0 Å². The summed E-state index contributed by atoms with van der Waals surface area (Å²) >= 11 is 2.19. The zero-order chi connectivity index (χ0) is 20.5. The molecule has 2 rings (SSSR count). The number of halogens is 1. The molecule has 2 aromatic rings. The average molecular weight is 493 g/mol. The summed E-state index contributed by atoms with van der Waals surface area (Å²) in [7, 11) is 0. The maximum atomic E-state index is 12.2. The van der Waals surface area contributed by atoms with E-state index < -0.39 is 11.9 Å². The molecule has 0 heterocycles. The Labute approximate surface area is 178 Å². The minimum Gasteiger partial charge on any atom is -0.368 e. The number of carbonyl (C=O) groups is 3. The molecule has 7 heteroatoms. The van der Waals surface area contributed by atoms with Crippen molar-refractivity contribution < 1.29 is 14.4 Å². The monoisotopic (exact) mass is 493 g/mol. The van der Waals surface area contributed by atoms with Crippen LogP contribution in [-0.4, -0.2) is 23.8 Å². The molecule has 0 aliphatic heterocycles. The third-order valence-electron chi connectivity index (χ3n) is 4.29. The fourth-order valence-electron chi connectivity index (χ4n) is 2.71. The van der Waals surface area contributed by atoms with Gasteiger partial charge in [-0.3, -0.25) is 14.4 Å². The van der Waals surface area contributed by atoms with Gasteiger partial charge < -0.3 is 16.4 Å². The zero-order valence-electron chi connectivity index (χ0n) is 15.7. The van der Waals surface area contributed by atoms with Gasteiger partial charge in [0.25, 0.3) is 0 Å². The van der Waals surface area contributed by atoms with Gasteiger partial charge >= 0.3 is 0 Å². The largest absolute Gasteiger partial charge is 0.368 e. The summed E-state index contributed by atoms with van der Waals surface area (Å²) in [5.41, 5.74) is 7.31. The van der Waals surface area contributed by atoms with Gasteiger partial charge in [-0.1, -0.05) is 42.5 Å². The topological polar surface area (TPSA) is 101 Å². The highest BCUT2D eigenvalue weighted by atomic mass is 127. The lowest BCUT2D eigenvalue weighted by molar-refractivity contribution is -0.129. The van der Waals surface area contributed by atoms with E-state index in [1.807, 2.05) is 61.5 Å². The van der Waals surface area contributed by atoms with Crippen LogP contribution in [-0.2, 0) is 20.8 Å². The summed E-state index contributed by atoms with van der Waals surface area (Å²) in [6, 6.07) is 16.3. The number of nitrogens with two attached hydrogens (primary N) is 1. The highest BCUT2D eigenvalue weighted by Crippen LogP contribution is 2.12. The molecule has 2 atom stereocenters. The summed E-state index contributed by atoms with van der Waals surface area (Å²) in [5, 5.41) is 5.49. The van der Waals surface area contributed by atoms with Crippen LogP contribution in [0.5, 0.6) is 0 Å². The normalized spacial score (nSPS) is 12.6. The van der Waals surface area contributed by atoms with Crippen LogP contribution in [0, 0.1) is 3.57 Å². The minimum absolute atomic E-state index is 0.0101. The van der Waals surface area contributed by atoms with Gasteiger partial charge in [0, 0.05) is 22.8 Å². The van der Waals surface area contributed by atoms with E-state index in [1.165, 1.54) is 0 Å². The van der Waals surface area contributed by atoms with Crippen LogP contribution in [0.4, 0.5) is 0 Å². The second kappa shape index (κ2) is 10.8. The molecular weight excluding hydrogens is 469 g/mol. The molecule has 4 N–H and O–H groups in total. The Bertz CT molecular complexity index is 809. The standard InChI is InChI=1S/C21H24IN3O3/c1-14(16-5-3-2-4-6-16)24-19(26)11-12-20(27)25-18(21(23)28)13-15-7-9-17(22)10-8-15/h2-10,14,18H,11-13H2,1H3,(H2,23,28)(H,24,26)(H,25,27)/t14-,18+/m1/s1. The van der Waals surface area contributed by atoms with Gasteiger partial charge in [-0.25, -0.2) is 0 Å². The number of hydrogen-bond acceptors (Lipinski definition) is 3. The van der Waals surface area contributed by atoms with Crippen LogP contribution in [0.25, 0.3) is 0 Å². The van der Waals surface area contributed by atoms with Gasteiger partial charge in [0.2, 0.25) is 17.7 Å². The molecule has 2 aromatic carbocycles. The Hall–Kier alpha value is -2.42. The van der Waals surface area contributed by atoms with E-state index in [9.17, 15) is 14.4 Å². The van der Waals surface area contributed by atoms with Crippen LogP contribution in [0.2, 0.25) is 0 Å². The second-order valence-corrected chi connectivity index (χ2v) is 7.80. The number of carbonyl (C=O) groups excluding carboxylic acids is 3. The Morgan fingerprint density at radius 2 is 1.50 bits per heavy atom. The van der Waals surface area contributed by atoms with Crippen molar-refractivity contribution in [1.82, 2.24) is 10.6 Å². The van der Waals surface area contributed by atoms with E-state index >= 15 is 0 Å². The SMILES string of the molecule is C[C@@H](NC(=O)CCC(=O)N[C@@H](Cc1ccc(I)cc1)C(N)=O)c1ccccc1. The first-order chi connectivity index (χ1) is 13.3. The molecule has 148 valence electrons. The first kappa shape index (κ1) is 21.9. The fourth-order valence-corrected chi connectivity index (χ4v) is 3.07. The van der Waals surface area contributed by atoms with Crippen LogP contribution in [0.1, 0.15) is 36.9 Å². The predicted octanol–water partition coefficient (Wildman–Crippen LogP) is 2.46. The third kappa shape index (κ3) is 7.30. The lowest BCUT2D eigenvalue weighted by Gasteiger charge is -2.16. The van der Waals surface area contributed by atoms with Gasteiger partial charge in [-0.2, -0.15) is 0 Å². The molecule has 3 amide bonds. The van der Waals surface area contributed by atoms with E-state index in [-0.39, 0.29) is 30.7 Å². The molecule has 0 bridgehead atoms. The van der Waals surface area contributed by atoms with Gasteiger partial charge in [-0.05, 0) is 52.8 Å². The number of hydrogen-bond donors (Lipinski definition) is 3. The summed E-state index contributed by atoms with van der Waals surface area (Å²) in [6.07, 6.45) is 0.344. The van der Waals surface area contributed by atoms with Crippen LogP contribution < -0.4 is 16.4 Å². The quantitative estimate of drug-likeness (QED) is 0.468. The first-order valence-corrected chi connectivity index (χ1v) is 10.1. The summed E-state index contributed by atoms with van der Waals surface area (Å²) in [4.78, 5) is 35.9. The maximum absolute atomic E-state index is 12.2. The molecule has 0 saturated heterocycles. The maximum Gasteiger partial charge on any atom is 0.240 e. The van der Waals surface area contributed by atoms with Crippen molar-refractivity contribution >= 4 is 40.3 Å². The van der Waals surface area contributed by atoms with Crippen molar-refractivity contribution in [3.63, 3.8) is 0 Å². The fraction of sp³-hybridized carbons (Fsp3) is 0.286. The zero-order valence-corrected chi connectivity index (χ0v) is 17.8. The van der Waals surface area contributed by atoms with Gasteiger partial charge in [0.15, 0.2) is 0 Å². The smallest absolute Gasteiger partial charge is 0.240 e. The van der Waals surface area contributed by atoms with Gasteiger partial charge in [-0.15, -0.1) is 0 Å². The second-order valence-electron chi connectivity index (χ2n) is 6.55. The molecule has 0 fully saturated rings. The molecule has 0 radical (unpaired) electrons. The molecule has 0 unspecified atom stereocenters. The van der Waals surface area contributed by atoms with Crippen molar-refractivity contribution in [3.05, 3.63) is 69.3 Å². The number of primary amides is 1. The first-order valence-electron chi connectivity index (χ1n) is 9.02. The van der Waals surface area contributed by atoms with Crippen LogP contribution in [0.15, 0.2) is 54.6 Å². The minimum atomic E-state index is -0.807. The Balaban J connectivity index is 1.81. The lowest BCUT2D eigenvalue weighted by atomic mass is 10.1. The molecule has 0 aliphatic rings. The van der Waals surface area contributed by atoms with Crippen molar-refractivity contribution in [2.45, 2.75) is 38.3 Å². The van der Waals surface area contributed by atoms with E-state index in [4.69, 9.17) is 5.73 Å². The van der Waals surface area contributed by atoms with Crippen molar-refractivity contribution in [2.75, 3.05) is 0 Å². The molecule has 0 aliphatic carbocycles. The summed E-state index contributed by atoms with van der Waals surface area (Å²) in [6.45, 7) is 1.89. The van der Waals surface area contributed by atoms with Gasteiger partial charge in [0.05, 0.1) is 6.04 Å². The summed E-state index contributed by atoms with van der Waals surface area (Å²) in [5.74, 6) is -1.20. The number of nitrogens with one attached hydrogen (secondary N) is 2. The highest BCUT2D eigenvalue weighted by molar-refractivity contribution is 14.1. The molecule has 6 nitrogen and oxygen atoms in total. The number of rotatable bonds is 9. The van der Waals surface area contributed by atoms with Crippen molar-refractivity contribution in [1.29, 1.82) is 0 Å². The van der Waals surface area contributed by atoms with Crippen molar-refractivity contribution in [3.8, 4) is 0 Å². The molecule has 28 heavy (non-hydrogen) atoms. The van der Waals surface area contributed by atoms with E-state index in [0.717, 1.165) is 14.7 Å². The molecule has 0 spiro atoms. The highest BCUT2D eigenvalue weighted by Gasteiger charge is 2.19. The number of amides is 3. The van der Waals surface area contributed by atoms with E-state index in [1.54, 1.807) is 0 Å². The molecule has 0 saturated carbocycles. The number of benzene rings is 2. The lowest BCUT2D eigenvalue weighted by Crippen LogP contribution is -2.46. The van der Waals surface area contributed by atoms with Crippen LogP contribution >= 0.6 is 22.6 Å². The Morgan fingerprint density at radius 1 is 0.929 bits per heavy atom. The van der Waals surface area contributed by atoms with Gasteiger partial charge in [0.1, 0.15) is 6.04 Å². The van der Waals surface area contributed by atoms with E-state index in [2.05, 4.69) is 33.2 Å². The van der Waals surface area contributed by atoms with E-state index in [0.29, 0.717) is 6.42 Å². The predicted molar refractivity (Wildman–Crippen MR) is 116 cm³/mol. The Morgan fingerprint density at radius 3 is 2.07 bits per heavy atom. The summed E-state index contributed by atoms with van der Waals surface area (Å²) < 4.78 is 1.08. The van der Waals surface area contributed by atoms with Crippen molar-refractivity contribution in [2.24, 2.45) is 5.73 Å². The third-order valence-corrected chi connectivity index (χ3v) is 5.01. The average Bonchev–Trinajstić information content (AvgIpc) is 2.68.